The molecular formula is C9H6F3N. The first-order valence-corrected chi connectivity index (χ1v) is 3.80. The molecule has 0 atom stereocenters. The van der Waals surface area contributed by atoms with Gasteiger partial charge in [-0.25, -0.2) is 4.99 Å². The fourth-order valence-corrected chi connectivity index (χ4v) is 1.30. The zero-order chi connectivity index (χ0) is 9.47. The summed E-state index contributed by atoms with van der Waals surface area (Å²) < 4.78 is 36.6. The number of benzene rings is 1. The molecule has 0 aliphatic carbocycles. The number of para-hydroxylation sites is 1. The molecular weight excluding hydrogens is 179 g/mol. The molecule has 0 spiro atoms. The van der Waals surface area contributed by atoms with Crippen molar-refractivity contribution in [2.75, 3.05) is 0 Å². The summed E-state index contributed by atoms with van der Waals surface area (Å²) >= 11 is 0. The molecule has 13 heavy (non-hydrogen) atoms. The molecule has 0 aromatic heterocycles. The van der Waals surface area contributed by atoms with Gasteiger partial charge >= 0.3 is 6.18 Å². The van der Waals surface area contributed by atoms with Gasteiger partial charge in [0.05, 0.1) is 5.69 Å². The van der Waals surface area contributed by atoms with Gasteiger partial charge in [-0.2, -0.15) is 13.2 Å². The number of fused-ring (bicyclic) bond motifs is 1. The topological polar surface area (TPSA) is 12.4 Å². The zero-order valence-corrected chi connectivity index (χ0v) is 6.60. The normalized spacial score (nSPS) is 15.5. The van der Waals surface area contributed by atoms with E-state index in [-0.39, 0.29) is 6.42 Å². The summed E-state index contributed by atoms with van der Waals surface area (Å²) in [5.41, 5.74) is 0.387. The molecule has 0 N–H and O–H groups in total. The SMILES string of the molecule is FC(F)(F)C1=Nc2ccccc2C1. The fourth-order valence-electron chi connectivity index (χ4n) is 1.30. The third-order valence-electron chi connectivity index (χ3n) is 1.93. The number of halogens is 3. The van der Waals surface area contributed by atoms with Gasteiger partial charge in [0.15, 0.2) is 0 Å². The molecule has 68 valence electrons. The first-order chi connectivity index (χ1) is 6.07. The molecule has 0 saturated heterocycles. The van der Waals surface area contributed by atoms with Crippen LogP contribution in [0, 0.1) is 0 Å². The van der Waals surface area contributed by atoms with Gasteiger partial charge in [-0.05, 0) is 11.6 Å². The van der Waals surface area contributed by atoms with Crippen molar-refractivity contribution in [1.82, 2.24) is 0 Å². The minimum absolute atomic E-state index is 0.0975. The molecule has 0 amide bonds. The van der Waals surface area contributed by atoms with E-state index in [0.29, 0.717) is 11.3 Å². The van der Waals surface area contributed by atoms with E-state index in [9.17, 15) is 13.2 Å². The van der Waals surface area contributed by atoms with Crippen molar-refractivity contribution in [3.05, 3.63) is 29.8 Å². The largest absolute Gasteiger partial charge is 0.429 e. The van der Waals surface area contributed by atoms with E-state index in [4.69, 9.17) is 0 Å². The van der Waals surface area contributed by atoms with Crippen molar-refractivity contribution in [3.8, 4) is 0 Å². The maximum Gasteiger partial charge on any atom is 0.429 e. The third-order valence-corrected chi connectivity index (χ3v) is 1.93. The summed E-state index contributed by atoms with van der Waals surface area (Å²) in [6.45, 7) is 0. The van der Waals surface area contributed by atoms with Crippen LogP contribution in [-0.4, -0.2) is 11.9 Å². The molecule has 1 aliphatic heterocycles. The number of alkyl halides is 3. The summed E-state index contributed by atoms with van der Waals surface area (Å²) in [5, 5.41) is 0. The summed E-state index contributed by atoms with van der Waals surface area (Å²) in [5.74, 6) is 0. The van der Waals surface area contributed by atoms with Crippen molar-refractivity contribution >= 4 is 11.4 Å². The van der Waals surface area contributed by atoms with Crippen LogP contribution in [0.1, 0.15) is 5.56 Å². The van der Waals surface area contributed by atoms with E-state index < -0.39 is 11.9 Å². The number of rotatable bonds is 0. The average Bonchev–Trinajstić information content (AvgIpc) is 2.45. The predicted molar refractivity (Wildman–Crippen MR) is 43.3 cm³/mol. The maximum absolute atomic E-state index is 12.2. The Morgan fingerprint density at radius 1 is 1.15 bits per heavy atom. The Bertz CT molecular complexity index is 365. The number of aliphatic imine (C=N–C) groups is 1. The Morgan fingerprint density at radius 3 is 2.46 bits per heavy atom. The molecule has 0 radical (unpaired) electrons. The lowest BCUT2D eigenvalue weighted by atomic mass is 10.1. The zero-order valence-electron chi connectivity index (χ0n) is 6.60. The average molecular weight is 185 g/mol. The van der Waals surface area contributed by atoms with Crippen molar-refractivity contribution in [3.63, 3.8) is 0 Å². The van der Waals surface area contributed by atoms with Gasteiger partial charge in [0, 0.05) is 6.42 Å². The lowest BCUT2D eigenvalue weighted by Crippen LogP contribution is -2.22. The van der Waals surface area contributed by atoms with Crippen LogP contribution in [0.4, 0.5) is 18.9 Å². The Balaban J connectivity index is 2.37. The van der Waals surface area contributed by atoms with E-state index in [1.54, 1.807) is 24.3 Å². The molecule has 1 aromatic rings. The number of nitrogens with zero attached hydrogens (tertiary/aromatic N) is 1. The lowest BCUT2D eigenvalue weighted by molar-refractivity contribution is -0.0597. The van der Waals surface area contributed by atoms with Gasteiger partial charge < -0.3 is 0 Å². The maximum atomic E-state index is 12.2. The smallest absolute Gasteiger partial charge is 0.248 e. The molecule has 2 rings (SSSR count). The van der Waals surface area contributed by atoms with E-state index in [2.05, 4.69) is 4.99 Å². The minimum atomic E-state index is -4.29. The first-order valence-electron chi connectivity index (χ1n) is 3.80. The highest BCUT2D eigenvalue weighted by atomic mass is 19.4. The van der Waals surface area contributed by atoms with E-state index in [0.717, 1.165) is 0 Å². The molecule has 4 heteroatoms. The van der Waals surface area contributed by atoms with Crippen molar-refractivity contribution < 1.29 is 13.2 Å². The van der Waals surface area contributed by atoms with Crippen LogP contribution in [0.5, 0.6) is 0 Å². The quantitative estimate of drug-likeness (QED) is 0.589. The summed E-state index contributed by atoms with van der Waals surface area (Å²) in [4.78, 5) is 3.51. The number of hydrogen-bond acceptors (Lipinski definition) is 1. The van der Waals surface area contributed by atoms with Crippen molar-refractivity contribution in [2.45, 2.75) is 12.6 Å². The molecule has 0 saturated carbocycles. The van der Waals surface area contributed by atoms with Gasteiger partial charge in [0.25, 0.3) is 0 Å². The Morgan fingerprint density at radius 2 is 1.85 bits per heavy atom. The number of hydrogen-bond donors (Lipinski definition) is 0. The van der Waals surface area contributed by atoms with Gasteiger partial charge in [0.1, 0.15) is 5.71 Å². The molecule has 0 bridgehead atoms. The Hall–Kier alpha value is -1.32. The van der Waals surface area contributed by atoms with Gasteiger partial charge in [-0.15, -0.1) is 0 Å². The van der Waals surface area contributed by atoms with Crippen molar-refractivity contribution in [1.29, 1.82) is 0 Å². The van der Waals surface area contributed by atoms with Crippen LogP contribution < -0.4 is 0 Å². The van der Waals surface area contributed by atoms with Gasteiger partial charge in [-0.1, -0.05) is 18.2 Å². The van der Waals surface area contributed by atoms with Crippen LogP contribution >= 0.6 is 0 Å². The van der Waals surface area contributed by atoms with Crippen LogP contribution in [0.3, 0.4) is 0 Å². The van der Waals surface area contributed by atoms with E-state index in [1.807, 2.05) is 0 Å². The second-order valence-corrected chi connectivity index (χ2v) is 2.86. The fraction of sp³-hybridized carbons (Fsp3) is 0.222. The minimum Gasteiger partial charge on any atom is -0.248 e. The Labute approximate surface area is 72.9 Å². The highest BCUT2D eigenvalue weighted by molar-refractivity contribution is 5.97. The second-order valence-electron chi connectivity index (χ2n) is 2.86. The summed E-state index contributed by atoms with van der Waals surface area (Å²) in [6, 6.07) is 6.65. The van der Waals surface area contributed by atoms with Gasteiger partial charge in [-0.3, -0.25) is 0 Å². The molecule has 0 unspecified atom stereocenters. The lowest BCUT2D eigenvalue weighted by Gasteiger charge is -2.03. The Kier molecular flexibility index (Phi) is 1.65. The summed E-state index contributed by atoms with van der Waals surface area (Å²) in [7, 11) is 0. The molecule has 1 heterocycles. The standard InChI is InChI=1S/C9H6F3N/c10-9(11,12)8-5-6-3-1-2-4-7(6)13-8/h1-4H,5H2. The second kappa shape index (κ2) is 2.58. The third kappa shape index (κ3) is 1.43. The molecule has 0 fully saturated rings. The monoisotopic (exact) mass is 185 g/mol. The highest BCUT2D eigenvalue weighted by Crippen LogP contribution is 2.32. The predicted octanol–water partition coefficient (Wildman–Crippen LogP) is 2.88. The van der Waals surface area contributed by atoms with Crippen LogP contribution in [0.25, 0.3) is 0 Å². The molecule has 1 nitrogen and oxygen atoms in total. The van der Waals surface area contributed by atoms with Gasteiger partial charge in [0.2, 0.25) is 0 Å². The summed E-state index contributed by atoms with van der Waals surface area (Å²) in [6.07, 6.45) is -4.39. The molecule has 1 aliphatic rings. The van der Waals surface area contributed by atoms with Crippen LogP contribution in [0.2, 0.25) is 0 Å². The van der Waals surface area contributed by atoms with E-state index in [1.165, 1.54) is 0 Å². The van der Waals surface area contributed by atoms with E-state index >= 15 is 0 Å². The molecule has 1 aromatic carbocycles. The highest BCUT2D eigenvalue weighted by Gasteiger charge is 2.38. The van der Waals surface area contributed by atoms with Crippen LogP contribution in [-0.2, 0) is 6.42 Å². The van der Waals surface area contributed by atoms with Crippen molar-refractivity contribution in [2.24, 2.45) is 4.99 Å². The van der Waals surface area contributed by atoms with Crippen LogP contribution in [0.15, 0.2) is 29.3 Å². The first kappa shape index (κ1) is 8.29.